The number of halogens is 1. The molecule has 0 spiro atoms. The number of rotatable bonds is 7. The van der Waals surface area contributed by atoms with Crippen LogP contribution < -0.4 is 0 Å². The van der Waals surface area contributed by atoms with Gasteiger partial charge < -0.3 is 14.5 Å². The fraction of sp³-hybridized carbons (Fsp3) is 0.393. The molecule has 2 aromatic carbocycles. The highest BCUT2D eigenvalue weighted by atomic mass is 35.5. The van der Waals surface area contributed by atoms with Crippen molar-refractivity contribution in [2.24, 2.45) is 0 Å². The van der Waals surface area contributed by atoms with E-state index in [1.54, 1.807) is 24.8 Å². The highest BCUT2D eigenvalue weighted by Crippen LogP contribution is 2.39. The van der Waals surface area contributed by atoms with Crippen LogP contribution in [0.25, 0.3) is 0 Å². The predicted octanol–water partition coefficient (Wildman–Crippen LogP) is 3.84. The van der Waals surface area contributed by atoms with Crippen LogP contribution in [-0.2, 0) is 25.7 Å². The van der Waals surface area contributed by atoms with Crippen molar-refractivity contribution in [2.75, 3.05) is 39.3 Å². The summed E-state index contributed by atoms with van der Waals surface area (Å²) in [5.74, 6) is -1.33. The third-order valence-corrected chi connectivity index (χ3v) is 7.21. The Labute approximate surface area is 217 Å². The maximum Gasteiger partial charge on any atom is 0.336 e. The molecule has 8 heteroatoms. The molecule has 7 nitrogen and oxygen atoms in total. The van der Waals surface area contributed by atoms with E-state index in [1.807, 2.05) is 36.4 Å². The molecule has 1 unspecified atom stereocenters. The summed E-state index contributed by atoms with van der Waals surface area (Å²) in [6.45, 7) is 7.16. The Morgan fingerprint density at radius 3 is 2.33 bits per heavy atom. The van der Waals surface area contributed by atoms with Crippen LogP contribution in [0.3, 0.4) is 0 Å². The van der Waals surface area contributed by atoms with E-state index in [1.165, 1.54) is 10.5 Å². The maximum absolute atomic E-state index is 13.2. The van der Waals surface area contributed by atoms with E-state index in [4.69, 9.17) is 16.3 Å². The summed E-state index contributed by atoms with van der Waals surface area (Å²) in [6, 6.07) is 17.5. The summed E-state index contributed by atoms with van der Waals surface area (Å²) in [4.78, 5) is 44.9. The fourth-order valence-corrected chi connectivity index (χ4v) is 5.20. The molecule has 2 amide bonds. The number of hydrogen-bond acceptors (Lipinski definition) is 5. The van der Waals surface area contributed by atoms with Crippen molar-refractivity contribution in [3.05, 3.63) is 82.0 Å². The van der Waals surface area contributed by atoms with Crippen molar-refractivity contribution in [2.45, 2.75) is 32.7 Å². The molecule has 0 N–H and O–H groups in total. The minimum atomic E-state index is -0.516. The van der Waals surface area contributed by atoms with Crippen LogP contribution in [-0.4, -0.2) is 71.8 Å². The molecule has 0 bridgehead atoms. The van der Waals surface area contributed by atoms with Gasteiger partial charge in [-0.25, -0.2) is 4.79 Å². The molecule has 2 aromatic rings. The van der Waals surface area contributed by atoms with Gasteiger partial charge in [0, 0.05) is 55.8 Å². The molecule has 1 fully saturated rings. The monoisotopic (exact) mass is 509 g/mol. The van der Waals surface area contributed by atoms with Crippen molar-refractivity contribution in [1.29, 1.82) is 0 Å². The normalized spacial score (nSPS) is 19.0. The zero-order valence-electron chi connectivity index (χ0n) is 20.8. The van der Waals surface area contributed by atoms with Crippen LogP contribution in [0, 0.1) is 0 Å². The van der Waals surface area contributed by atoms with E-state index in [0.717, 1.165) is 19.6 Å². The lowest BCUT2D eigenvalue weighted by atomic mass is 9.83. The minimum Gasteiger partial charge on any atom is -0.463 e. The van der Waals surface area contributed by atoms with Crippen molar-refractivity contribution in [3.8, 4) is 0 Å². The summed E-state index contributed by atoms with van der Waals surface area (Å²) in [5.41, 5.74) is 2.78. The van der Waals surface area contributed by atoms with Crippen molar-refractivity contribution < 1.29 is 19.1 Å². The predicted molar refractivity (Wildman–Crippen MR) is 138 cm³/mol. The molecule has 0 aliphatic carbocycles. The first-order chi connectivity index (χ1) is 17.4. The molecular formula is C28H32ClN3O4. The number of benzene rings is 2. The van der Waals surface area contributed by atoms with E-state index in [9.17, 15) is 14.4 Å². The molecule has 36 heavy (non-hydrogen) atoms. The lowest BCUT2D eigenvalue weighted by molar-refractivity contribution is -0.143. The number of carbonyl (C=O) groups excluding carboxylic acids is 3. The Balaban J connectivity index is 1.47. The molecule has 0 saturated carbocycles. The summed E-state index contributed by atoms with van der Waals surface area (Å²) < 4.78 is 5.33. The Kier molecular flexibility index (Phi) is 8.44. The first kappa shape index (κ1) is 25.9. The smallest absolute Gasteiger partial charge is 0.336 e. The van der Waals surface area contributed by atoms with Crippen molar-refractivity contribution in [1.82, 2.24) is 14.7 Å². The molecule has 0 radical (unpaired) electrons. The van der Waals surface area contributed by atoms with Gasteiger partial charge in [0.25, 0.3) is 0 Å². The topological polar surface area (TPSA) is 70.2 Å². The quantitative estimate of drug-likeness (QED) is 0.530. The Morgan fingerprint density at radius 1 is 1.00 bits per heavy atom. The molecule has 2 aliphatic heterocycles. The van der Waals surface area contributed by atoms with Crippen LogP contribution in [0.1, 0.15) is 37.3 Å². The van der Waals surface area contributed by atoms with Gasteiger partial charge in [-0.15, -0.1) is 0 Å². The van der Waals surface area contributed by atoms with Gasteiger partial charge in [0.15, 0.2) is 0 Å². The van der Waals surface area contributed by atoms with Gasteiger partial charge in [0.05, 0.1) is 12.2 Å². The van der Waals surface area contributed by atoms with E-state index >= 15 is 0 Å². The molecule has 2 aliphatic rings. The number of ether oxygens (including phenoxy) is 1. The molecule has 2 heterocycles. The lowest BCUT2D eigenvalue weighted by Crippen LogP contribution is -2.52. The average Bonchev–Trinajstić information content (AvgIpc) is 2.87. The third kappa shape index (κ3) is 5.79. The first-order valence-electron chi connectivity index (χ1n) is 12.4. The van der Waals surface area contributed by atoms with E-state index in [0.29, 0.717) is 34.9 Å². The number of carbonyl (C=O) groups is 3. The minimum absolute atomic E-state index is 0.0490. The van der Waals surface area contributed by atoms with Crippen LogP contribution in [0.2, 0.25) is 5.02 Å². The van der Waals surface area contributed by atoms with Crippen molar-refractivity contribution in [3.63, 3.8) is 0 Å². The van der Waals surface area contributed by atoms with Crippen molar-refractivity contribution >= 4 is 29.4 Å². The average molecular weight is 510 g/mol. The summed E-state index contributed by atoms with van der Waals surface area (Å²) >= 11 is 6.42. The summed E-state index contributed by atoms with van der Waals surface area (Å²) in [5, 5.41) is 0.489. The standard InChI is InChI=1S/C28H32ClN3O4/c1-3-36-28(35)27-20(2)32(25(33)17-23(27)22-11-7-8-12-24(22)29)19-26(34)31-15-13-30(14-16-31)18-21-9-5-4-6-10-21/h4-12,23H,3,13-19H2,1-2H3. The lowest BCUT2D eigenvalue weighted by Gasteiger charge is -2.38. The number of esters is 1. The van der Waals surface area contributed by atoms with Gasteiger partial charge >= 0.3 is 5.97 Å². The highest BCUT2D eigenvalue weighted by Gasteiger charge is 2.39. The summed E-state index contributed by atoms with van der Waals surface area (Å²) in [7, 11) is 0. The Hall–Kier alpha value is -3.16. The van der Waals surface area contributed by atoms with Gasteiger partial charge in [-0.3, -0.25) is 14.5 Å². The van der Waals surface area contributed by atoms with E-state index in [-0.39, 0.29) is 31.4 Å². The number of allylic oxidation sites excluding steroid dienone is 1. The zero-order chi connectivity index (χ0) is 25.7. The SMILES string of the molecule is CCOC(=O)C1=C(C)N(CC(=O)N2CCN(Cc3ccccc3)CC2)C(=O)CC1c1ccccc1Cl. The largest absolute Gasteiger partial charge is 0.463 e. The Morgan fingerprint density at radius 2 is 1.67 bits per heavy atom. The van der Waals surface area contributed by atoms with Gasteiger partial charge in [-0.05, 0) is 31.0 Å². The molecular weight excluding hydrogens is 478 g/mol. The second kappa shape index (κ2) is 11.7. The maximum atomic E-state index is 13.2. The van der Waals surface area contributed by atoms with Crippen LogP contribution >= 0.6 is 11.6 Å². The second-order valence-corrected chi connectivity index (χ2v) is 9.53. The molecule has 1 atom stereocenters. The second-order valence-electron chi connectivity index (χ2n) is 9.12. The number of nitrogens with zero attached hydrogens (tertiary/aromatic N) is 3. The molecule has 1 saturated heterocycles. The van der Waals surface area contributed by atoms with Crippen LogP contribution in [0.15, 0.2) is 65.9 Å². The van der Waals surface area contributed by atoms with Crippen LogP contribution in [0.5, 0.6) is 0 Å². The number of hydrogen-bond donors (Lipinski definition) is 0. The van der Waals surface area contributed by atoms with E-state index < -0.39 is 11.9 Å². The van der Waals surface area contributed by atoms with Gasteiger partial charge in [-0.2, -0.15) is 0 Å². The number of amides is 2. The van der Waals surface area contributed by atoms with Gasteiger partial charge in [0.2, 0.25) is 11.8 Å². The number of piperazine rings is 1. The molecule has 0 aromatic heterocycles. The highest BCUT2D eigenvalue weighted by molar-refractivity contribution is 6.31. The van der Waals surface area contributed by atoms with E-state index in [2.05, 4.69) is 17.0 Å². The molecule has 4 rings (SSSR count). The summed E-state index contributed by atoms with van der Waals surface area (Å²) in [6.07, 6.45) is 0.0490. The zero-order valence-corrected chi connectivity index (χ0v) is 21.5. The first-order valence-corrected chi connectivity index (χ1v) is 12.7. The van der Waals surface area contributed by atoms with Gasteiger partial charge in [0.1, 0.15) is 6.54 Å². The van der Waals surface area contributed by atoms with Crippen LogP contribution in [0.4, 0.5) is 0 Å². The fourth-order valence-electron chi connectivity index (χ4n) is 4.93. The Bertz CT molecular complexity index is 1140. The third-order valence-electron chi connectivity index (χ3n) is 6.87. The molecule has 190 valence electrons. The van der Waals surface area contributed by atoms with Gasteiger partial charge in [-0.1, -0.05) is 60.1 Å².